The summed E-state index contributed by atoms with van der Waals surface area (Å²) in [5.41, 5.74) is -1.55. The summed E-state index contributed by atoms with van der Waals surface area (Å²) >= 11 is 0. The maximum absolute atomic E-state index is 14.9. The van der Waals surface area contributed by atoms with Gasteiger partial charge in [0.25, 0.3) is 5.91 Å². The Balaban J connectivity index is 1.89. The topological polar surface area (TPSA) is 46.6 Å². The standard InChI is InChI=1S/C19H24FNO3/c1-3-18(9-6-5-7-10-18)21-13-14(15(20)16(21)22)19(11-8-12-19)17(23)24-4-2/h3,5-7,9,14-15H,1,4,8,10-13H2,2H3/t14-,15-,18-/m0/s1. The van der Waals surface area contributed by atoms with Crippen molar-refractivity contribution >= 4 is 11.9 Å². The number of allylic oxidation sites excluding steroid dienone is 2. The number of ether oxygens (including phenoxy) is 1. The number of rotatable bonds is 5. The van der Waals surface area contributed by atoms with E-state index in [2.05, 4.69) is 6.58 Å². The van der Waals surface area contributed by atoms with Gasteiger partial charge in [0, 0.05) is 12.5 Å². The lowest BCUT2D eigenvalue weighted by molar-refractivity contribution is -0.168. The Morgan fingerprint density at radius 2 is 2.25 bits per heavy atom. The molecule has 4 nitrogen and oxygen atoms in total. The maximum Gasteiger partial charge on any atom is 0.312 e. The molecule has 1 amide bonds. The second kappa shape index (κ2) is 6.19. The molecule has 0 spiro atoms. The molecule has 1 heterocycles. The van der Waals surface area contributed by atoms with Crippen molar-refractivity contribution in [1.82, 2.24) is 4.90 Å². The average Bonchev–Trinajstić information content (AvgIpc) is 2.85. The minimum Gasteiger partial charge on any atom is -0.466 e. The van der Waals surface area contributed by atoms with E-state index >= 15 is 0 Å². The summed E-state index contributed by atoms with van der Waals surface area (Å²) in [5.74, 6) is -1.55. The van der Waals surface area contributed by atoms with E-state index in [1.165, 1.54) is 0 Å². The van der Waals surface area contributed by atoms with Gasteiger partial charge in [0.2, 0.25) is 0 Å². The number of hydrogen-bond acceptors (Lipinski definition) is 3. The Hall–Kier alpha value is -1.91. The molecule has 24 heavy (non-hydrogen) atoms. The minimum atomic E-state index is -1.66. The van der Waals surface area contributed by atoms with Crippen LogP contribution in [0.3, 0.4) is 0 Å². The predicted molar refractivity (Wildman–Crippen MR) is 88.8 cm³/mol. The van der Waals surface area contributed by atoms with Gasteiger partial charge in [-0.05, 0) is 26.2 Å². The number of hydrogen-bond donors (Lipinski definition) is 0. The van der Waals surface area contributed by atoms with Crippen LogP contribution in [0.5, 0.6) is 0 Å². The fourth-order valence-electron chi connectivity index (χ4n) is 4.18. The van der Waals surface area contributed by atoms with E-state index in [0.29, 0.717) is 19.3 Å². The summed E-state index contributed by atoms with van der Waals surface area (Å²) in [6.07, 6.45) is 10.2. The van der Waals surface area contributed by atoms with Gasteiger partial charge in [-0.15, -0.1) is 6.58 Å². The summed E-state index contributed by atoms with van der Waals surface area (Å²) in [4.78, 5) is 26.6. The van der Waals surface area contributed by atoms with Gasteiger partial charge in [0.15, 0.2) is 6.17 Å². The number of amides is 1. The van der Waals surface area contributed by atoms with Gasteiger partial charge in [-0.2, -0.15) is 0 Å². The van der Waals surface area contributed by atoms with E-state index in [9.17, 15) is 14.0 Å². The third-order valence-electron chi connectivity index (χ3n) is 5.80. The molecule has 3 rings (SSSR count). The van der Waals surface area contributed by atoms with Crippen LogP contribution in [0.2, 0.25) is 0 Å². The lowest BCUT2D eigenvalue weighted by Crippen LogP contribution is -2.50. The van der Waals surface area contributed by atoms with Gasteiger partial charge in [-0.1, -0.05) is 36.8 Å². The summed E-state index contributed by atoms with van der Waals surface area (Å²) in [6, 6.07) is 0. The predicted octanol–water partition coefficient (Wildman–Crippen LogP) is 2.96. The van der Waals surface area contributed by atoms with Gasteiger partial charge >= 0.3 is 5.97 Å². The van der Waals surface area contributed by atoms with Crippen LogP contribution in [0.15, 0.2) is 37.0 Å². The highest BCUT2D eigenvalue weighted by Crippen LogP contribution is 2.53. The zero-order valence-electron chi connectivity index (χ0n) is 14.0. The molecule has 0 bridgehead atoms. The van der Waals surface area contributed by atoms with Crippen LogP contribution >= 0.6 is 0 Å². The number of carbonyl (C=O) groups is 2. The van der Waals surface area contributed by atoms with Gasteiger partial charge < -0.3 is 9.64 Å². The van der Waals surface area contributed by atoms with Crippen LogP contribution in [0.25, 0.3) is 0 Å². The SMILES string of the molecule is C=C[C@]1(N2C[C@H](C3(C(=O)OCC)CCC3)[C@H](F)C2=O)C=CC=CC1. The monoisotopic (exact) mass is 333 g/mol. The molecule has 0 aromatic rings. The first-order chi connectivity index (χ1) is 11.5. The van der Waals surface area contributed by atoms with Crippen LogP contribution in [0.1, 0.15) is 32.6 Å². The fourth-order valence-corrected chi connectivity index (χ4v) is 4.18. The fraction of sp³-hybridized carbons (Fsp3) is 0.579. The third-order valence-corrected chi connectivity index (χ3v) is 5.80. The van der Waals surface area contributed by atoms with Crippen LogP contribution in [-0.2, 0) is 14.3 Å². The van der Waals surface area contributed by atoms with Gasteiger partial charge in [-0.25, -0.2) is 4.39 Å². The lowest BCUT2D eigenvalue weighted by atomic mass is 9.60. The van der Waals surface area contributed by atoms with E-state index < -0.39 is 29.0 Å². The number of halogens is 1. The molecule has 0 radical (unpaired) electrons. The molecule has 1 aliphatic heterocycles. The molecule has 0 aromatic carbocycles. The van der Waals surface area contributed by atoms with Gasteiger partial charge in [0.1, 0.15) is 0 Å². The quantitative estimate of drug-likeness (QED) is 0.574. The van der Waals surface area contributed by atoms with E-state index in [1.54, 1.807) is 17.9 Å². The van der Waals surface area contributed by atoms with E-state index in [-0.39, 0.29) is 19.1 Å². The van der Waals surface area contributed by atoms with Crippen LogP contribution in [0, 0.1) is 11.3 Å². The molecule has 0 N–H and O–H groups in total. The number of nitrogens with zero attached hydrogens (tertiary/aromatic N) is 1. The molecule has 2 aliphatic carbocycles. The van der Waals surface area contributed by atoms with Crippen molar-refractivity contribution in [2.75, 3.05) is 13.2 Å². The molecule has 1 saturated carbocycles. The van der Waals surface area contributed by atoms with Crippen molar-refractivity contribution in [1.29, 1.82) is 0 Å². The zero-order valence-corrected chi connectivity index (χ0v) is 14.0. The summed E-state index contributed by atoms with van der Waals surface area (Å²) < 4.78 is 20.1. The molecule has 3 atom stereocenters. The number of carbonyl (C=O) groups excluding carboxylic acids is 2. The Bertz CT molecular complexity index is 608. The molecule has 130 valence electrons. The molecule has 0 aromatic heterocycles. The van der Waals surface area contributed by atoms with Crippen molar-refractivity contribution in [3.8, 4) is 0 Å². The van der Waals surface area contributed by atoms with Crippen LogP contribution in [-0.4, -0.2) is 41.6 Å². The minimum absolute atomic E-state index is 0.225. The van der Waals surface area contributed by atoms with Gasteiger partial charge in [0.05, 0.1) is 17.6 Å². The number of likely N-dealkylation sites (tertiary alicyclic amines) is 1. The molecule has 3 aliphatic rings. The average molecular weight is 333 g/mol. The van der Waals surface area contributed by atoms with Gasteiger partial charge in [-0.3, -0.25) is 9.59 Å². The first kappa shape index (κ1) is 16.9. The second-order valence-corrected chi connectivity index (χ2v) is 6.87. The molecule has 1 saturated heterocycles. The Morgan fingerprint density at radius 3 is 2.75 bits per heavy atom. The summed E-state index contributed by atoms with van der Waals surface area (Å²) in [5, 5.41) is 0. The molecule has 0 unspecified atom stereocenters. The van der Waals surface area contributed by atoms with Crippen LogP contribution < -0.4 is 0 Å². The first-order valence-electron chi connectivity index (χ1n) is 8.61. The molecule has 5 heteroatoms. The highest BCUT2D eigenvalue weighted by Gasteiger charge is 2.61. The smallest absolute Gasteiger partial charge is 0.312 e. The summed E-state index contributed by atoms with van der Waals surface area (Å²) in [7, 11) is 0. The number of alkyl halides is 1. The van der Waals surface area contributed by atoms with Crippen molar-refractivity contribution in [2.24, 2.45) is 11.3 Å². The van der Waals surface area contributed by atoms with Crippen molar-refractivity contribution in [3.05, 3.63) is 37.0 Å². The Labute approximate surface area is 142 Å². The second-order valence-electron chi connectivity index (χ2n) is 6.87. The van der Waals surface area contributed by atoms with Crippen molar-refractivity contribution < 1.29 is 18.7 Å². The lowest BCUT2D eigenvalue weighted by Gasteiger charge is -2.44. The summed E-state index contributed by atoms with van der Waals surface area (Å²) in [6.45, 7) is 6.09. The zero-order chi connectivity index (χ0) is 17.4. The Morgan fingerprint density at radius 1 is 1.50 bits per heavy atom. The number of esters is 1. The molecule has 2 fully saturated rings. The Kier molecular flexibility index (Phi) is 4.37. The normalized spacial score (nSPS) is 34.1. The largest absolute Gasteiger partial charge is 0.466 e. The van der Waals surface area contributed by atoms with E-state index in [0.717, 1.165) is 6.42 Å². The highest BCUT2D eigenvalue weighted by atomic mass is 19.1. The third kappa shape index (κ3) is 2.33. The first-order valence-corrected chi connectivity index (χ1v) is 8.61. The molecular weight excluding hydrogens is 309 g/mol. The molecular formula is C19H24FNO3. The van der Waals surface area contributed by atoms with Crippen molar-refractivity contribution in [2.45, 2.75) is 44.3 Å². The van der Waals surface area contributed by atoms with E-state index in [1.807, 2.05) is 24.3 Å². The van der Waals surface area contributed by atoms with Crippen LogP contribution in [0.4, 0.5) is 4.39 Å². The highest BCUT2D eigenvalue weighted by molar-refractivity contribution is 5.88. The van der Waals surface area contributed by atoms with E-state index in [4.69, 9.17) is 4.74 Å². The van der Waals surface area contributed by atoms with Crippen molar-refractivity contribution in [3.63, 3.8) is 0 Å². The maximum atomic E-state index is 14.9.